The minimum Gasteiger partial charge on any atom is -0.493 e. The van der Waals surface area contributed by atoms with Crippen LogP contribution < -0.4 is 14.8 Å². The second-order valence-electron chi connectivity index (χ2n) is 5.52. The molecule has 1 aliphatic carbocycles. The number of nitriles is 1. The highest BCUT2D eigenvalue weighted by Crippen LogP contribution is 2.38. The summed E-state index contributed by atoms with van der Waals surface area (Å²) < 4.78 is 10.6. The highest BCUT2D eigenvalue weighted by molar-refractivity contribution is 7.16. The topological polar surface area (TPSA) is 71.3 Å². The number of anilines is 1. The Labute approximate surface area is 144 Å². The lowest BCUT2D eigenvalue weighted by atomic mass is 9.96. The molecule has 1 amide bonds. The minimum atomic E-state index is -0.305. The number of aryl methyl sites for hydroxylation is 1. The van der Waals surface area contributed by atoms with Crippen molar-refractivity contribution in [2.75, 3.05) is 19.5 Å². The number of benzene rings is 1. The van der Waals surface area contributed by atoms with E-state index in [0.29, 0.717) is 27.6 Å². The van der Waals surface area contributed by atoms with E-state index in [1.54, 1.807) is 18.2 Å². The molecule has 0 radical (unpaired) electrons. The Bertz CT molecular complexity index is 820. The van der Waals surface area contributed by atoms with E-state index in [2.05, 4.69) is 11.4 Å². The molecule has 124 valence electrons. The van der Waals surface area contributed by atoms with Crippen molar-refractivity contribution >= 4 is 22.2 Å². The Balaban J connectivity index is 1.94. The van der Waals surface area contributed by atoms with Crippen LogP contribution in [0, 0.1) is 11.3 Å². The Kier molecular flexibility index (Phi) is 4.72. The number of carbonyl (C=O) groups is 1. The third kappa shape index (κ3) is 2.83. The molecule has 0 aliphatic heterocycles. The number of methoxy groups -OCH3 is 2. The summed E-state index contributed by atoms with van der Waals surface area (Å²) in [4.78, 5) is 13.9. The molecule has 5 nitrogen and oxygen atoms in total. The molecule has 0 saturated heterocycles. The Morgan fingerprint density at radius 1 is 1.25 bits per heavy atom. The van der Waals surface area contributed by atoms with Crippen molar-refractivity contribution in [2.45, 2.75) is 25.7 Å². The van der Waals surface area contributed by atoms with E-state index < -0.39 is 0 Å². The van der Waals surface area contributed by atoms with Crippen molar-refractivity contribution in [3.63, 3.8) is 0 Å². The summed E-state index contributed by atoms with van der Waals surface area (Å²) >= 11 is 1.51. The molecule has 0 fully saturated rings. The summed E-state index contributed by atoms with van der Waals surface area (Å²) in [6.07, 6.45) is 4.12. The number of nitrogens with zero attached hydrogens (tertiary/aromatic N) is 1. The lowest BCUT2D eigenvalue weighted by Gasteiger charge is -2.12. The first kappa shape index (κ1) is 16.3. The molecule has 0 saturated carbocycles. The number of ether oxygens (including phenoxy) is 2. The zero-order valence-corrected chi connectivity index (χ0v) is 14.5. The number of nitrogens with one attached hydrogen (secondary N) is 1. The maximum Gasteiger partial charge on any atom is 0.260 e. The predicted molar refractivity (Wildman–Crippen MR) is 93.2 cm³/mol. The molecule has 1 heterocycles. The van der Waals surface area contributed by atoms with E-state index >= 15 is 0 Å². The lowest BCUT2D eigenvalue weighted by Crippen LogP contribution is -2.13. The smallest absolute Gasteiger partial charge is 0.260 e. The minimum absolute atomic E-state index is 0.305. The van der Waals surface area contributed by atoms with E-state index in [1.165, 1.54) is 30.4 Å². The van der Waals surface area contributed by atoms with E-state index in [9.17, 15) is 10.1 Å². The Morgan fingerprint density at radius 3 is 2.75 bits per heavy atom. The zero-order valence-electron chi connectivity index (χ0n) is 13.6. The van der Waals surface area contributed by atoms with Gasteiger partial charge in [0.15, 0.2) is 11.5 Å². The van der Waals surface area contributed by atoms with Gasteiger partial charge in [-0.1, -0.05) is 6.07 Å². The number of para-hydroxylation sites is 1. The molecular formula is C18H18N2O3S. The molecule has 1 aliphatic rings. The van der Waals surface area contributed by atoms with Crippen molar-refractivity contribution in [3.8, 4) is 17.6 Å². The Hall–Kier alpha value is -2.52. The molecule has 0 unspecified atom stereocenters. The van der Waals surface area contributed by atoms with Crippen molar-refractivity contribution in [1.29, 1.82) is 5.26 Å². The fourth-order valence-electron chi connectivity index (χ4n) is 3.01. The SMILES string of the molecule is COc1cccc(C(=O)Nc2sc3c(c2C#N)CCCC3)c1OC. The molecule has 24 heavy (non-hydrogen) atoms. The van der Waals surface area contributed by atoms with Crippen LogP contribution >= 0.6 is 11.3 Å². The number of thiophene rings is 1. The van der Waals surface area contributed by atoms with Crippen LogP contribution in [-0.4, -0.2) is 20.1 Å². The summed E-state index contributed by atoms with van der Waals surface area (Å²) in [5, 5.41) is 13.0. The molecule has 2 aromatic rings. The Morgan fingerprint density at radius 2 is 2.04 bits per heavy atom. The van der Waals surface area contributed by atoms with Gasteiger partial charge in [0.05, 0.1) is 25.3 Å². The van der Waals surface area contributed by atoms with E-state index in [0.717, 1.165) is 31.2 Å². The number of hydrogen-bond donors (Lipinski definition) is 1. The molecule has 0 atom stereocenters. The van der Waals surface area contributed by atoms with Gasteiger partial charge in [-0.2, -0.15) is 5.26 Å². The summed E-state index contributed by atoms with van der Waals surface area (Å²) in [7, 11) is 3.03. The standard InChI is InChI=1S/C18H18N2O3S/c1-22-14-8-5-7-12(16(14)23-2)17(21)20-18-13(10-19)11-6-3-4-9-15(11)24-18/h5,7-8H,3-4,6,9H2,1-2H3,(H,20,21). The summed E-state index contributed by atoms with van der Waals surface area (Å²) in [6, 6.07) is 7.40. The number of hydrogen-bond acceptors (Lipinski definition) is 5. The normalized spacial score (nSPS) is 12.9. The van der Waals surface area contributed by atoms with Crippen LogP contribution in [0.5, 0.6) is 11.5 Å². The molecule has 0 bridgehead atoms. The summed E-state index contributed by atoms with van der Waals surface area (Å²) in [5.41, 5.74) is 2.08. The number of carbonyl (C=O) groups excluding carboxylic acids is 1. The quantitative estimate of drug-likeness (QED) is 0.918. The number of amides is 1. The van der Waals surface area contributed by atoms with Crippen LogP contribution in [0.3, 0.4) is 0 Å². The van der Waals surface area contributed by atoms with E-state index in [-0.39, 0.29) is 5.91 Å². The van der Waals surface area contributed by atoms with E-state index in [1.807, 2.05) is 0 Å². The van der Waals surface area contributed by atoms with Crippen LogP contribution in [0.25, 0.3) is 0 Å². The lowest BCUT2D eigenvalue weighted by molar-refractivity contribution is 0.102. The maximum atomic E-state index is 12.7. The average Bonchev–Trinajstić information content (AvgIpc) is 2.97. The second-order valence-corrected chi connectivity index (χ2v) is 6.63. The van der Waals surface area contributed by atoms with Gasteiger partial charge in [0.1, 0.15) is 11.1 Å². The molecule has 1 aromatic carbocycles. The largest absolute Gasteiger partial charge is 0.493 e. The third-order valence-corrected chi connectivity index (χ3v) is 5.36. The first-order valence-corrected chi connectivity index (χ1v) is 8.58. The van der Waals surface area contributed by atoms with Crippen LogP contribution in [0.1, 0.15) is 39.2 Å². The molecule has 6 heteroatoms. The van der Waals surface area contributed by atoms with E-state index in [4.69, 9.17) is 9.47 Å². The first-order chi connectivity index (χ1) is 11.7. The van der Waals surface area contributed by atoms with Crippen molar-refractivity contribution in [2.24, 2.45) is 0 Å². The molecule has 1 aromatic heterocycles. The van der Waals surface area contributed by atoms with Crippen LogP contribution in [0.4, 0.5) is 5.00 Å². The van der Waals surface area contributed by atoms with Crippen molar-refractivity contribution < 1.29 is 14.3 Å². The molecular weight excluding hydrogens is 324 g/mol. The second kappa shape index (κ2) is 6.93. The van der Waals surface area contributed by atoms with Gasteiger partial charge in [0.2, 0.25) is 0 Å². The molecule has 3 rings (SSSR count). The number of fused-ring (bicyclic) bond motifs is 1. The number of rotatable bonds is 4. The highest BCUT2D eigenvalue weighted by atomic mass is 32.1. The van der Waals surface area contributed by atoms with Gasteiger partial charge >= 0.3 is 0 Å². The van der Waals surface area contributed by atoms with Crippen LogP contribution in [0.15, 0.2) is 18.2 Å². The van der Waals surface area contributed by atoms with Gasteiger partial charge in [-0.3, -0.25) is 4.79 Å². The van der Waals surface area contributed by atoms with Crippen molar-refractivity contribution in [3.05, 3.63) is 39.8 Å². The van der Waals surface area contributed by atoms with Crippen molar-refractivity contribution in [1.82, 2.24) is 0 Å². The average molecular weight is 342 g/mol. The monoisotopic (exact) mass is 342 g/mol. The zero-order chi connectivity index (χ0) is 17.1. The van der Waals surface area contributed by atoms with Gasteiger partial charge in [-0.15, -0.1) is 11.3 Å². The fourth-order valence-corrected chi connectivity index (χ4v) is 4.24. The van der Waals surface area contributed by atoms with Gasteiger partial charge in [-0.05, 0) is 43.4 Å². The highest BCUT2D eigenvalue weighted by Gasteiger charge is 2.23. The predicted octanol–water partition coefficient (Wildman–Crippen LogP) is 3.77. The molecule has 1 N–H and O–H groups in total. The van der Waals surface area contributed by atoms with Gasteiger partial charge in [0, 0.05) is 4.88 Å². The summed E-state index contributed by atoms with van der Waals surface area (Å²) in [5.74, 6) is 0.578. The van der Waals surface area contributed by atoms with Gasteiger partial charge < -0.3 is 14.8 Å². The van der Waals surface area contributed by atoms with Gasteiger partial charge in [0.25, 0.3) is 5.91 Å². The van der Waals surface area contributed by atoms with Gasteiger partial charge in [-0.25, -0.2) is 0 Å². The van der Waals surface area contributed by atoms with Crippen LogP contribution in [0.2, 0.25) is 0 Å². The molecule has 0 spiro atoms. The maximum absolute atomic E-state index is 12.7. The third-order valence-electron chi connectivity index (χ3n) is 4.16. The van der Waals surface area contributed by atoms with Crippen LogP contribution in [-0.2, 0) is 12.8 Å². The fraction of sp³-hybridized carbons (Fsp3) is 0.333. The summed E-state index contributed by atoms with van der Waals surface area (Å²) in [6.45, 7) is 0. The first-order valence-electron chi connectivity index (χ1n) is 7.76.